The Morgan fingerprint density at radius 2 is 2.42 bits per heavy atom. The first kappa shape index (κ1) is 7.49. The van der Waals surface area contributed by atoms with Gasteiger partial charge >= 0.3 is 0 Å². The highest BCUT2D eigenvalue weighted by Crippen LogP contribution is 2.24. The van der Waals surface area contributed by atoms with Crippen molar-refractivity contribution in [3.8, 4) is 0 Å². The zero-order valence-electron chi connectivity index (χ0n) is 6.70. The third kappa shape index (κ3) is 1.53. The molecule has 0 amide bonds. The molecule has 0 bridgehead atoms. The second-order valence-electron chi connectivity index (χ2n) is 2.97. The van der Waals surface area contributed by atoms with Gasteiger partial charge in [0.05, 0.1) is 6.61 Å². The van der Waals surface area contributed by atoms with Crippen LogP contribution < -0.4 is 5.32 Å². The Kier molecular flexibility index (Phi) is 1.91. The minimum Gasteiger partial charge on any atom is -0.391 e. The van der Waals surface area contributed by atoms with E-state index in [1.807, 2.05) is 0 Å². The van der Waals surface area contributed by atoms with Crippen molar-refractivity contribution in [1.82, 2.24) is 9.97 Å². The summed E-state index contributed by atoms with van der Waals surface area (Å²) in [6.45, 7) is -0.00407. The topological polar surface area (TPSA) is 58.0 Å². The Hall–Kier alpha value is -1.16. The lowest BCUT2D eigenvalue weighted by atomic mass is 10.3. The molecule has 0 spiro atoms. The van der Waals surface area contributed by atoms with Gasteiger partial charge in [-0.1, -0.05) is 0 Å². The Bertz CT molecular complexity index is 273. The van der Waals surface area contributed by atoms with Crippen molar-refractivity contribution < 1.29 is 5.11 Å². The van der Waals surface area contributed by atoms with Crippen molar-refractivity contribution in [2.75, 3.05) is 5.32 Å². The Labute approximate surface area is 70.7 Å². The van der Waals surface area contributed by atoms with Crippen LogP contribution in [0.1, 0.15) is 18.4 Å². The van der Waals surface area contributed by atoms with Crippen LogP contribution in [0.15, 0.2) is 12.5 Å². The lowest BCUT2D eigenvalue weighted by Crippen LogP contribution is -2.06. The lowest BCUT2D eigenvalue weighted by Gasteiger charge is -2.06. The summed E-state index contributed by atoms with van der Waals surface area (Å²) in [5.41, 5.74) is 0.768. The first-order valence-corrected chi connectivity index (χ1v) is 4.06. The Morgan fingerprint density at radius 3 is 3.08 bits per heavy atom. The molecule has 1 aliphatic carbocycles. The fourth-order valence-electron chi connectivity index (χ4n) is 1.03. The van der Waals surface area contributed by atoms with Crippen LogP contribution >= 0.6 is 0 Å². The maximum atomic E-state index is 8.93. The van der Waals surface area contributed by atoms with E-state index in [9.17, 15) is 0 Å². The van der Waals surface area contributed by atoms with Gasteiger partial charge in [-0.05, 0) is 12.8 Å². The summed E-state index contributed by atoms with van der Waals surface area (Å²) in [4.78, 5) is 7.88. The summed E-state index contributed by atoms with van der Waals surface area (Å²) in [6, 6.07) is 0.560. The van der Waals surface area contributed by atoms with Crippen LogP contribution in [0, 0.1) is 0 Å². The number of hydrogen-bond acceptors (Lipinski definition) is 4. The Morgan fingerprint density at radius 1 is 1.58 bits per heavy atom. The number of rotatable bonds is 3. The molecule has 1 saturated carbocycles. The molecule has 64 valence electrons. The zero-order valence-corrected chi connectivity index (χ0v) is 6.70. The molecule has 4 nitrogen and oxygen atoms in total. The summed E-state index contributed by atoms with van der Waals surface area (Å²) >= 11 is 0. The molecule has 12 heavy (non-hydrogen) atoms. The van der Waals surface area contributed by atoms with Gasteiger partial charge in [0, 0.05) is 17.8 Å². The smallest absolute Gasteiger partial charge is 0.135 e. The van der Waals surface area contributed by atoms with Gasteiger partial charge in [-0.2, -0.15) is 0 Å². The van der Waals surface area contributed by atoms with Crippen molar-refractivity contribution >= 4 is 5.82 Å². The van der Waals surface area contributed by atoms with E-state index in [4.69, 9.17) is 5.11 Å². The van der Waals surface area contributed by atoms with Gasteiger partial charge in [0.15, 0.2) is 0 Å². The largest absolute Gasteiger partial charge is 0.391 e. The molecule has 0 aromatic carbocycles. The van der Waals surface area contributed by atoms with Gasteiger partial charge in [-0.15, -0.1) is 0 Å². The average Bonchev–Trinajstić information content (AvgIpc) is 2.89. The van der Waals surface area contributed by atoms with Crippen molar-refractivity contribution in [3.63, 3.8) is 0 Å². The molecule has 1 aliphatic rings. The van der Waals surface area contributed by atoms with Crippen LogP contribution in [0.5, 0.6) is 0 Å². The highest BCUT2D eigenvalue weighted by Gasteiger charge is 2.22. The highest BCUT2D eigenvalue weighted by atomic mass is 16.3. The molecular formula is C8H11N3O. The molecule has 0 saturated heterocycles. The summed E-state index contributed by atoms with van der Waals surface area (Å²) in [5, 5.41) is 12.2. The molecule has 0 aliphatic heterocycles. The van der Waals surface area contributed by atoms with Crippen molar-refractivity contribution in [2.45, 2.75) is 25.5 Å². The molecule has 0 atom stereocenters. The van der Waals surface area contributed by atoms with E-state index in [-0.39, 0.29) is 6.61 Å². The fraction of sp³-hybridized carbons (Fsp3) is 0.500. The number of aliphatic hydroxyl groups is 1. The maximum absolute atomic E-state index is 8.93. The van der Waals surface area contributed by atoms with Gasteiger partial charge in [0.25, 0.3) is 0 Å². The molecule has 2 rings (SSSR count). The van der Waals surface area contributed by atoms with Crippen LogP contribution in [0.3, 0.4) is 0 Å². The van der Waals surface area contributed by atoms with Crippen LogP contribution in [0.4, 0.5) is 5.82 Å². The van der Waals surface area contributed by atoms with Gasteiger partial charge < -0.3 is 10.4 Å². The Balaban J connectivity index is 2.15. The summed E-state index contributed by atoms with van der Waals surface area (Å²) in [5.74, 6) is 0.773. The average molecular weight is 165 g/mol. The SMILES string of the molecule is OCc1cncnc1NC1CC1. The highest BCUT2D eigenvalue weighted by molar-refractivity contribution is 5.43. The molecule has 1 aromatic heterocycles. The van der Waals surface area contributed by atoms with Gasteiger partial charge in [0.2, 0.25) is 0 Å². The van der Waals surface area contributed by atoms with Crippen LogP contribution in [-0.4, -0.2) is 21.1 Å². The van der Waals surface area contributed by atoms with Crippen LogP contribution in [0.2, 0.25) is 0 Å². The molecule has 2 N–H and O–H groups in total. The standard InChI is InChI=1S/C8H11N3O/c12-4-6-3-9-5-10-8(6)11-7-1-2-7/h3,5,7,12H,1-2,4H2,(H,9,10,11). The third-order valence-corrected chi connectivity index (χ3v) is 1.88. The van der Waals surface area contributed by atoms with Crippen molar-refractivity contribution in [2.24, 2.45) is 0 Å². The third-order valence-electron chi connectivity index (χ3n) is 1.88. The first-order chi connectivity index (χ1) is 5.90. The minimum absolute atomic E-state index is 0.00407. The van der Waals surface area contributed by atoms with E-state index in [1.165, 1.54) is 19.2 Å². The van der Waals surface area contributed by atoms with E-state index in [2.05, 4.69) is 15.3 Å². The fourth-order valence-corrected chi connectivity index (χ4v) is 1.03. The van der Waals surface area contributed by atoms with Gasteiger partial charge in [-0.3, -0.25) is 0 Å². The summed E-state index contributed by atoms with van der Waals surface area (Å²) in [7, 11) is 0. The number of aliphatic hydroxyl groups excluding tert-OH is 1. The predicted octanol–water partition coefficient (Wildman–Crippen LogP) is 0.543. The van der Waals surface area contributed by atoms with Crippen LogP contribution in [-0.2, 0) is 6.61 Å². The van der Waals surface area contributed by atoms with Crippen LogP contribution in [0.25, 0.3) is 0 Å². The van der Waals surface area contributed by atoms with Crippen molar-refractivity contribution in [1.29, 1.82) is 0 Å². The number of hydrogen-bond donors (Lipinski definition) is 2. The van der Waals surface area contributed by atoms with E-state index >= 15 is 0 Å². The van der Waals surface area contributed by atoms with E-state index in [1.54, 1.807) is 6.20 Å². The minimum atomic E-state index is -0.00407. The van der Waals surface area contributed by atoms with E-state index in [0.29, 0.717) is 6.04 Å². The van der Waals surface area contributed by atoms with Gasteiger partial charge in [-0.25, -0.2) is 9.97 Å². The monoisotopic (exact) mass is 165 g/mol. The molecule has 0 radical (unpaired) electrons. The molecule has 1 heterocycles. The molecule has 4 heteroatoms. The quantitative estimate of drug-likeness (QED) is 0.686. The second kappa shape index (κ2) is 3.06. The number of anilines is 1. The number of nitrogens with zero attached hydrogens (tertiary/aromatic N) is 2. The molecule has 0 unspecified atom stereocenters. The van der Waals surface area contributed by atoms with E-state index in [0.717, 1.165) is 11.4 Å². The maximum Gasteiger partial charge on any atom is 0.135 e. The van der Waals surface area contributed by atoms with E-state index < -0.39 is 0 Å². The lowest BCUT2D eigenvalue weighted by molar-refractivity contribution is 0.281. The normalized spacial score (nSPS) is 16.1. The predicted molar refractivity (Wildman–Crippen MR) is 44.6 cm³/mol. The van der Waals surface area contributed by atoms with Crippen molar-refractivity contribution in [3.05, 3.63) is 18.1 Å². The molecule has 1 aromatic rings. The molecule has 1 fully saturated rings. The summed E-state index contributed by atoms with van der Waals surface area (Å²) in [6.07, 6.45) is 5.53. The summed E-state index contributed by atoms with van der Waals surface area (Å²) < 4.78 is 0. The van der Waals surface area contributed by atoms with Gasteiger partial charge in [0.1, 0.15) is 12.1 Å². The first-order valence-electron chi connectivity index (χ1n) is 4.06. The molecular weight excluding hydrogens is 154 g/mol. The second-order valence-corrected chi connectivity index (χ2v) is 2.97. The zero-order chi connectivity index (χ0) is 8.39. The number of nitrogens with one attached hydrogen (secondary N) is 1. The number of aromatic nitrogens is 2.